The number of nitro benzene ring substituents is 1. The number of sulfonamides is 1. The van der Waals surface area contributed by atoms with E-state index in [1.807, 2.05) is 0 Å². The highest BCUT2D eigenvalue weighted by Gasteiger charge is 2.20. The number of methoxy groups -OCH3 is 1. The number of carbonyl (C=O) groups is 2. The van der Waals surface area contributed by atoms with E-state index in [1.54, 1.807) is 12.1 Å². The Hall–Kier alpha value is -4.03. The third-order valence-corrected chi connectivity index (χ3v) is 5.63. The molecule has 0 saturated heterocycles. The lowest BCUT2D eigenvalue weighted by Crippen LogP contribution is -2.23. The second-order valence-corrected chi connectivity index (χ2v) is 8.17. The maximum Gasteiger partial charge on any atom is 0.338 e. The van der Waals surface area contributed by atoms with E-state index in [9.17, 15) is 28.1 Å². The van der Waals surface area contributed by atoms with Crippen LogP contribution in [0.3, 0.4) is 0 Å². The fourth-order valence-electron chi connectivity index (χ4n) is 2.69. The maximum absolute atomic E-state index is 12.6. The number of amides is 1. The van der Waals surface area contributed by atoms with Crippen molar-refractivity contribution in [3.8, 4) is 0 Å². The molecule has 0 spiro atoms. The summed E-state index contributed by atoms with van der Waals surface area (Å²) in [4.78, 5) is 34.7. The second kappa shape index (κ2) is 9.41. The minimum Gasteiger partial charge on any atom is -0.468 e. The molecule has 0 aliphatic heterocycles. The topological polar surface area (TPSA) is 158 Å². The Bertz CT molecular complexity index is 1270. The van der Waals surface area contributed by atoms with Crippen molar-refractivity contribution in [2.45, 2.75) is 11.4 Å². The number of hydrogen-bond donors (Lipinski definition) is 2. The predicted octanol–water partition coefficient (Wildman–Crippen LogP) is 2.71. The van der Waals surface area contributed by atoms with Gasteiger partial charge in [0, 0.05) is 23.4 Å². The number of rotatable bonds is 8. The average molecular weight is 459 g/mol. The summed E-state index contributed by atoms with van der Waals surface area (Å²) in [6.07, 6.45) is 1.42. The van der Waals surface area contributed by atoms with Gasteiger partial charge in [-0.25, -0.2) is 17.9 Å². The zero-order valence-corrected chi connectivity index (χ0v) is 17.4. The molecular formula is C20H17N3O8S. The van der Waals surface area contributed by atoms with Gasteiger partial charge >= 0.3 is 5.97 Å². The van der Waals surface area contributed by atoms with Crippen LogP contribution in [0.4, 0.5) is 11.4 Å². The molecule has 166 valence electrons. The van der Waals surface area contributed by atoms with Crippen LogP contribution in [0.1, 0.15) is 26.5 Å². The molecule has 32 heavy (non-hydrogen) atoms. The number of anilines is 1. The SMILES string of the molecule is COC(=O)c1cc(C(=O)Nc2cccc(S(=O)(=O)NCc3ccco3)c2)cc([N+](=O)[O-])c1. The molecule has 0 fully saturated rings. The minimum absolute atomic E-state index is 0.0596. The van der Waals surface area contributed by atoms with Crippen molar-refractivity contribution in [1.82, 2.24) is 4.72 Å². The molecule has 0 saturated carbocycles. The molecule has 0 unspecified atom stereocenters. The van der Waals surface area contributed by atoms with Gasteiger partial charge in [0.1, 0.15) is 5.76 Å². The Morgan fingerprint density at radius 3 is 2.50 bits per heavy atom. The number of esters is 1. The molecule has 0 aliphatic rings. The molecule has 1 amide bonds. The number of nitrogens with one attached hydrogen (secondary N) is 2. The van der Waals surface area contributed by atoms with E-state index in [4.69, 9.17) is 4.42 Å². The lowest BCUT2D eigenvalue weighted by Gasteiger charge is -2.10. The van der Waals surface area contributed by atoms with Gasteiger partial charge in [0.05, 0.1) is 35.3 Å². The molecule has 3 aromatic rings. The van der Waals surface area contributed by atoms with E-state index in [0.717, 1.165) is 25.3 Å². The van der Waals surface area contributed by atoms with Crippen LogP contribution in [-0.2, 0) is 21.3 Å². The van der Waals surface area contributed by atoms with Crippen LogP contribution >= 0.6 is 0 Å². The smallest absolute Gasteiger partial charge is 0.338 e. The van der Waals surface area contributed by atoms with Gasteiger partial charge in [-0.15, -0.1) is 0 Å². The van der Waals surface area contributed by atoms with E-state index in [1.165, 1.54) is 30.5 Å². The number of nitro groups is 1. The molecule has 1 heterocycles. The molecule has 2 N–H and O–H groups in total. The summed E-state index contributed by atoms with van der Waals surface area (Å²) in [6, 6.07) is 11.8. The Balaban J connectivity index is 1.82. The van der Waals surface area contributed by atoms with Crippen molar-refractivity contribution in [1.29, 1.82) is 0 Å². The zero-order chi connectivity index (χ0) is 23.3. The van der Waals surface area contributed by atoms with Crippen LogP contribution < -0.4 is 10.0 Å². The van der Waals surface area contributed by atoms with Crippen LogP contribution in [0.2, 0.25) is 0 Å². The summed E-state index contributed by atoms with van der Waals surface area (Å²) in [5.41, 5.74) is -0.701. The molecule has 3 rings (SSSR count). The first-order chi connectivity index (χ1) is 15.2. The molecule has 0 radical (unpaired) electrons. The average Bonchev–Trinajstić information content (AvgIpc) is 3.31. The lowest BCUT2D eigenvalue weighted by atomic mass is 10.1. The van der Waals surface area contributed by atoms with Crippen LogP contribution in [0.25, 0.3) is 0 Å². The summed E-state index contributed by atoms with van der Waals surface area (Å²) in [7, 11) is -2.81. The molecule has 1 aromatic heterocycles. The van der Waals surface area contributed by atoms with Gasteiger partial charge in [-0.1, -0.05) is 6.07 Å². The van der Waals surface area contributed by atoms with E-state index in [2.05, 4.69) is 14.8 Å². The normalized spacial score (nSPS) is 11.0. The molecule has 2 aromatic carbocycles. The highest BCUT2D eigenvalue weighted by molar-refractivity contribution is 7.89. The predicted molar refractivity (Wildman–Crippen MR) is 112 cm³/mol. The van der Waals surface area contributed by atoms with Crippen molar-refractivity contribution in [2.75, 3.05) is 12.4 Å². The number of benzene rings is 2. The fraction of sp³-hybridized carbons (Fsp3) is 0.100. The number of non-ortho nitro benzene ring substituents is 1. The highest BCUT2D eigenvalue weighted by Crippen LogP contribution is 2.21. The van der Waals surface area contributed by atoms with Gasteiger partial charge in [0.25, 0.3) is 11.6 Å². The van der Waals surface area contributed by atoms with E-state index >= 15 is 0 Å². The quantitative estimate of drug-likeness (QED) is 0.296. The first-order valence-electron chi connectivity index (χ1n) is 9.01. The van der Waals surface area contributed by atoms with Crippen molar-refractivity contribution in [2.24, 2.45) is 0 Å². The summed E-state index contributed by atoms with van der Waals surface area (Å²) >= 11 is 0. The van der Waals surface area contributed by atoms with Crippen molar-refractivity contribution >= 4 is 33.3 Å². The number of nitrogens with zero attached hydrogens (tertiary/aromatic N) is 1. The number of furan rings is 1. The highest BCUT2D eigenvalue weighted by atomic mass is 32.2. The van der Waals surface area contributed by atoms with Crippen LogP contribution in [0, 0.1) is 10.1 Å². The first-order valence-corrected chi connectivity index (χ1v) is 10.5. The van der Waals surface area contributed by atoms with Crippen LogP contribution in [-0.4, -0.2) is 32.3 Å². The minimum atomic E-state index is -3.91. The van der Waals surface area contributed by atoms with Gasteiger partial charge in [0.2, 0.25) is 10.0 Å². The Morgan fingerprint density at radius 1 is 1.09 bits per heavy atom. The number of ether oxygens (including phenoxy) is 1. The van der Waals surface area contributed by atoms with Gasteiger partial charge in [-0.2, -0.15) is 0 Å². The second-order valence-electron chi connectivity index (χ2n) is 6.40. The summed E-state index contributed by atoms with van der Waals surface area (Å²) in [5.74, 6) is -1.21. The van der Waals surface area contributed by atoms with E-state index < -0.39 is 32.5 Å². The van der Waals surface area contributed by atoms with Crippen molar-refractivity contribution < 1.29 is 32.1 Å². The number of carbonyl (C=O) groups excluding carboxylic acids is 2. The molecule has 11 nitrogen and oxygen atoms in total. The maximum atomic E-state index is 12.6. The summed E-state index contributed by atoms with van der Waals surface area (Å²) in [6.45, 7) is -0.0596. The molecule has 12 heteroatoms. The summed E-state index contributed by atoms with van der Waals surface area (Å²) < 4.78 is 37.0. The lowest BCUT2D eigenvalue weighted by molar-refractivity contribution is -0.384. The Kier molecular flexibility index (Phi) is 6.66. The van der Waals surface area contributed by atoms with Crippen LogP contribution in [0.15, 0.2) is 70.2 Å². The molecule has 0 aliphatic carbocycles. The monoisotopic (exact) mass is 459 g/mol. The van der Waals surface area contributed by atoms with Gasteiger partial charge in [-0.05, 0) is 36.4 Å². The zero-order valence-electron chi connectivity index (χ0n) is 16.6. The Morgan fingerprint density at radius 2 is 1.84 bits per heavy atom. The fourth-order valence-corrected chi connectivity index (χ4v) is 3.73. The Labute approximate surface area is 182 Å². The summed E-state index contributed by atoms with van der Waals surface area (Å²) in [5, 5.41) is 13.6. The largest absolute Gasteiger partial charge is 0.468 e. The van der Waals surface area contributed by atoms with Crippen molar-refractivity contribution in [3.05, 3.63) is 87.9 Å². The van der Waals surface area contributed by atoms with Crippen LogP contribution in [0.5, 0.6) is 0 Å². The standard InChI is InChI=1S/C20H17N3O8S/c1-30-20(25)14-8-13(9-16(10-14)23(26)27)19(24)22-15-4-2-6-18(11-15)32(28,29)21-12-17-5-3-7-31-17/h2-11,21H,12H2,1H3,(H,22,24). The van der Waals surface area contributed by atoms with Crippen molar-refractivity contribution in [3.63, 3.8) is 0 Å². The van der Waals surface area contributed by atoms with E-state index in [0.29, 0.717) is 5.76 Å². The first kappa shape index (κ1) is 22.7. The van der Waals surface area contributed by atoms with E-state index in [-0.39, 0.29) is 28.3 Å². The molecular weight excluding hydrogens is 442 g/mol. The number of hydrogen-bond acceptors (Lipinski definition) is 8. The molecule has 0 bridgehead atoms. The van der Waals surface area contributed by atoms with Gasteiger partial charge in [0.15, 0.2) is 0 Å². The third kappa shape index (κ3) is 5.36. The molecule has 0 atom stereocenters. The van der Waals surface area contributed by atoms with Gasteiger partial charge < -0.3 is 14.5 Å². The third-order valence-electron chi connectivity index (χ3n) is 4.23. The van der Waals surface area contributed by atoms with Gasteiger partial charge in [-0.3, -0.25) is 14.9 Å².